The van der Waals surface area contributed by atoms with Crippen molar-refractivity contribution in [2.45, 2.75) is 32.2 Å². The van der Waals surface area contributed by atoms with Crippen LogP contribution in [0.25, 0.3) is 0 Å². The molecule has 1 aromatic carbocycles. The van der Waals surface area contributed by atoms with Crippen LogP contribution in [-0.2, 0) is 11.2 Å². The van der Waals surface area contributed by atoms with E-state index < -0.39 is 0 Å². The van der Waals surface area contributed by atoms with Crippen molar-refractivity contribution in [2.24, 2.45) is 0 Å². The average Bonchev–Trinajstić information content (AvgIpc) is 2.38. The lowest BCUT2D eigenvalue weighted by Gasteiger charge is -2.33. The Kier molecular flexibility index (Phi) is 4.43. The second-order valence-corrected chi connectivity index (χ2v) is 5.16. The number of amides is 1. The average molecular weight is 262 g/mol. The van der Waals surface area contributed by atoms with Crippen molar-refractivity contribution in [1.29, 1.82) is 0 Å². The van der Waals surface area contributed by atoms with E-state index in [1.807, 2.05) is 26.1 Å². The Bertz CT molecular complexity index is 459. The van der Waals surface area contributed by atoms with Gasteiger partial charge < -0.3 is 10.4 Å². The lowest BCUT2D eigenvalue weighted by atomic mass is 9.87. The largest absolute Gasteiger partial charge is 0.508 e. The second-order valence-electron chi connectivity index (χ2n) is 5.16. The first kappa shape index (κ1) is 13.9. The molecule has 19 heavy (non-hydrogen) atoms. The molecule has 0 fully saturated rings. The van der Waals surface area contributed by atoms with E-state index in [-0.39, 0.29) is 11.9 Å². The number of nitrogens with zero attached hydrogens (tertiary/aromatic N) is 1. The van der Waals surface area contributed by atoms with Crippen molar-refractivity contribution in [3.05, 3.63) is 29.3 Å². The Hall–Kier alpha value is -1.55. The number of hydrogen-bond donors (Lipinski definition) is 2. The Morgan fingerprint density at radius 2 is 2.32 bits per heavy atom. The lowest BCUT2D eigenvalue weighted by molar-refractivity contribution is -0.122. The van der Waals surface area contributed by atoms with Crippen molar-refractivity contribution < 1.29 is 9.90 Å². The van der Waals surface area contributed by atoms with E-state index in [9.17, 15) is 9.90 Å². The number of carbonyl (C=O) groups excluding carboxylic acids is 1. The Balaban J connectivity index is 2.14. The first-order valence-corrected chi connectivity index (χ1v) is 6.90. The zero-order chi connectivity index (χ0) is 13.8. The molecule has 0 radical (unpaired) electrons. The highest BCUT2D eigenvalue weighted by Gasteiger charge is 2.25. The predicted molar refractivity (Wildman–Crippen MR) is 75.1 cm³/mol. The minimum atomic E-state index is 0.0530. The summed E-state index contributed by atoms with van der Waals surface area (Å²) in [4.78, 5) is 13.7. The van der Waals surface area contributed by atoms with E-state index in [1.54, 1.807) is 6.07 Å². The quantitative estimate of drug-likeness (QED) is 0.870. The van der Waals surface area contributed by atoms with Crippen LogP contribution in [0.3, 0.4) is 0 Å². The molecular weight excluding hydrogens is 240 g/mol. The number of rotatable bonds is 4. The topological polar surface area (TPSA) is 52.6 Å². The summed E-state index contributed by atoms with van der Waals surface area (Å²) in [5, 5.41) is 12.5. The van der Waals surface area contributed by atoms with Gasteiger partial charge in [-0.3, -0.25) is 9.69 Å². The maximum atomic E-state index is 11.7. The van der Waals surface area contributed by atoms with E-state index in [4.69, 9.17) is 0 Å². The molecule has 1 unspecified atom stereocenters. The van der Waals surface area contributed by atoms with Crippen LogP contribution in [0.1, 0.15) is 36.9 Å². The van der Waals surface area contributed by atoms with Gasteiger partial charge >= 0.3 is 0 Å². The van der Waals surface area contributed by atoms with Crippen LogP contribution in [-0.4, -0.2) is 36.1 Å². The molecule has 1 amide bonds. The van der Waals surface area contributed by atoms with Gasteiger partial charge in [0.15, 0.2) is 0 Å². The van der Waals surface area contributed by atoms with Gasteiger partial charge in [0.2, 0.25) is 5.91 Å². The van der Waals surface area contributed by atoms with Crippen LogP contribution in [0.2, 0.25) is 0 Å². The van der Waals surface area contributed by atoms with E-state index >= 15 is 0 Å². The predicted octanol–water partition coefficient (Wildman–Crippen LogP) is 1.84. The Morgan fingerprint density at radius 1 is 1.53 bits per heavy atom. The molecule has 0 aromatic heterocycles. The van der Waals surface area contributed by atoms with Crippen molar-refractivity contribution in [3.8, 4) is 5.75 Å². The van der Waals surface area contributed by atoms with Gasteiger partial charge in [-0.2, -0.15) is 0 Å². The van der Waals surface area contributed by atoms with Crippen molar-refractivity contribution in [3.63, 3.8) is 0 Å². The molecule has 104 valence electrons. The summed E-state index contributed by atoms with van der Waals surface area (Å²) in [6.45, 7) is 2.98. The fraction of sp³-hybridized carbons (Fsp3) is 0.533. The first-order valence-electron chi connectivity index (χ1n) is 6.90. The van der Waals surface area contributed by atoms with Crippen LogP contribution in [0.15, 0.2) is 18.2 Å². The number of likely N-dealkylation sites (N-methyl/N-ethyl adjacent to an activating group) is 2. The Labute approximate surface area is 114 Å². The molecule has 1 aliphatic carbocycles. The molecule has 0 saturated heterocycles. The van der Waals surface area contributed by atoms with Gasteiger partial charge in [0.05, 0.1) is 6.54 Å². The summed E-state index contributed by atoms with van der Waals surface area (Å²) < 4.78 is 0. The number of carbonyl (C=O) groups is 1. The van der Waals surface area contributed by atoms with Gasteiger partial charge in [0.25, 0.3) is 0 Å². The fourth-order valence-electron chi connectivity index (χ4n) is 2.81. The van der Waals surface area contributed by atoms with Crippen LogP contribution >= 0.6 is 0 Å². The van der Waals surface area contributed by atoms with E-state index in [0.717, 1.165) is 24.8 Å². The maximum absolute atomic E-state index is 11.7. The molecule has 4 nitrogen and oxygen atoms in total. The van der Waals surface area contributed by atoms with Crippen molar-refractivity contribution >= 4 is 5.91 Å². The van der Waals surface area contributed by atoms with Crippen molar-refractivity contribution in [1.82, 2.24) is 10.2 Å². The number of benzene rings is 1. The summed E-state index contributed by atoms with van der Waals surface area (Å²) in [5.74, 6) is 0.356. The molecule has 1 aromatic rings. The molecule has 0 saturated carbocycles. The zero-order valence-corrected chi connectivity index (χ0v) is 11.6. The minimum absolute atomic E-state index is 0.0530. The monoisotopic (exact) mass is 262 g/mol. The molecular formula is C15H22N2O2. The van der Waals surface area contributed by atoms with E-state index in [0.29, 0.717) is 18.8 Å². The van der Waals surface area contributed by atoms with E-state index in [1.165, 1.54) is 5.56 Å². The van der Waals surface area contributed by atoms with Gasteiger partial charge in [-0.15, -0.1) is 0 Å². The molecule has 0 spiro atoms. The highest BCUT2D eigenvalue weighted by atomic mass is 16.3. The second kappa shape index (κ2) is 6.06. The molecule has 4 heteroatoms. The highest BCUT2D eigenvalue weighted by Crippen LogP contribution is 2.35. The summed E-state index contributed by atoms with van der Waals surface area (Å²) >= 11 is 0. The smallest absolute Gasteiger partial charge is 0.234 e. The summed E-state index contributed by atoms with van der Waals surface area (Å²) in [5.41, 5.74) is 2.45. The van der Waals surface area contributed by atoms with Gasteiger partial charge in [-0.1, -0.05) is 6.07 Å². The zero-order valence-electron chi connectivity index (χ0n) is 11.6. The van der Waals surface area contributed by atoms with Crippen LogP contribution in [0.4, 0.5) is 0 Å². The number of nitrogens with one attached hydrogen (secondary N) is 1. The fourth-order valence-corrected chi connectivity index (χ4v) is 2.81. The minimum Gasteiger partial charge on any atom is -0.508 e. The normalized spacial score (nSPS) is 18.2. The third-order valence-corrected chi connectivity index (χ3v) is 3.71. The van der Waals surface area contributed by atoms with Gasteiger partial charge in [0, 0.05) is 12.6 Å². The number of aromatic hydroxyl groups is 1. The molecule has 0 bridgehead atoms. The third kappa shape index (κ3) is 3.26. The molecule has 0 aliphatic heterocycles. The molecule has 0 heterocycles. The molecule has 1 aliphatic rings. The molecule has 2 rings (SSSR count). The molecule has 2 N–H and O–H groups in total. The van der Waals surface area contributed by atoms with E-state index in [2.05, 4.69) is 10.2 Å². The maximum Gasteiger partial charge on any atom is 0.234 e. The summed E-state index contributed by atoms with van der Waals surface area (Å²) in [6, 6.07) is 5.80. The van der Waals surface area contributed by atoms with Gasteiger partial charge in [-0.05, 0) is 56.5 Å². The van der Waals surface area contributed by atoms with Crippen LogP contribution in [0, 0.1) is 0 Å². The third-order valence-electron chi connectivity index (χ3n) is 3.71. The van der Waals surface area contributed by atoms with Crippen LogP contribution in [0.5, 0.6) is 5.75 Å². The number of fused-ring (bicyclic) bond motifs is 1. The number of aryl methyl sites for hydroxylation is 1. The van der Waals surface area contributed by atoms with Gasteiger partial charge in [-0.25, -0.2) is 0 Å². The number of phenolic OH excluding ortho intramolecular Hbond substituents is 1. The summed E-state index contributed by atoms with van der Waals surface area (Å²) in [6.07, 6.45) is 3.22. The number of phenols is 1. The number of hydrogen-bond acceptors (Lipinski definition) is 3. The van der Waals surface area contributed by atoms with Crippen molar-refractivity contribution in [2.75, 3.05) is 20.1 Å². The van der Waals surface area contributed by atoms with Gasteiger partial charge in [0.1, 0.15) is 5.75 Å². The highest BCUT2D eigenvalue weighted by molar-refractivity contribution is 5.78. The standard InChI is InChI=1S/C15H22N2O2/c1-3-16-15(19)10-17(2)14-6-4-5-11-7-8-12(18)9-13(11)14/h7-9,14,18H,3-6,10H2,1-2H3,(H,16,19). The lowest BCUT2D eigenvalue weighted by Crippen LogP contribution is -2.38. The van der Waals surface area contributed by atoms with Crippen LogP contribution < -0.4 is 5.32 Å². The SMILES string of the molecule is CCNC(=O)CN(C)C1CCCc2ccc(O)cc21. The Morgan fingerprint density at radius 3 is 3.05 bits per heavy atom. The summed E-state index contributed by atoms with van der Waals surface area (Å²) in [7, 11) is 1.97. The first-order chi connectivity index (χ1) is 9.11. The molecule has 1 atom stereocenters.